The van der Waals surface area contributed by atoms with E-state index in [2.05, 4.69) is 11.5 Å². The quantitative estimate of drug-likeness (QED) is 0.862. The number of hydrogen-bond acceptors (Lipinski definition) is 3. The van der Waals surface area contributed by atoms with Crippen LogP contribution in [-0.2, 0) is 4.79 Å². The fourth-order valence-electron chi connectivity index (χ4n) is 3.74. The van der Waals surface area contributed by atoms with Gasteiger partial charge in [-0.2, -0.15) is 0 Å². The van der Waals surface area contributed by atoms with Crippen LogP contribution in [0.25, 0.3) is 5.65 Å². The number of nitrogens with zero attached hydrogens (tertiary/aromatic N) is 3. The molecule has 2 aromatic rings. The molecule has 24 heavy (non-hydrogen) atoms. The zero-order valence-corrected chi connectivity index (χ0v) is 13.7. The molecule has 6 nitrogen and oxygen atoms in total. The first-order chi connectivity index (χ1) is 11.7. The Bertz CT molecular complexity index is 774. The van der Waals surface area contributed by atoms with Crippen LogP contribution >= 0.6 is 0 Å². The molecule has 3 amide bonds. The van der Waals surface area contributed by atoms with E-state index in [1.165, 1.54) is 38.5 Å². The Kier molecular flexibility index (Phi) is 3.96. The molecule has 0 bridgehead atoms. The normalized spacial score (nSPS) is 20.2. The van der Waals surface area contributed by atoms with Gasteiger partial charge in [0.15, 0.2) is 0 Å². The van der Waals surface area contributed by atoms with Crippen LogP contribution in [0, 0.1) is 0 Å². The van der Waals surface area contributed by atoms with E-state index in [-0.39, 0.29) is 11.9 Å². The average Bonchev–Trinajstić information content (AvgIpc) is 2.80. The van der Waals surface area contributed by atoms with Crippen LogP contribution in [0.1, 0.15) is 56.6 Å². The fourth-order valence-corrected chi connectivity index (χ4v) is 3.74. The van der Waals surface area contributed by atoms with Gasteiger partial charge in [-0.25, -0.2) is 9.78 Å². The minimum Gasteiger partial charge on any atom is -0.307 e. The van der Waals surface area contributed by atoms with Gasteiger partial charge in [0.05, 0.1) is 11.4 Å². The number of pyridine rings is 1. The average molecular weight is 326 g/mol. The first-order valence-electron chi connectivity index (χ1n) is 8.81. The summed E-state index contributed by atoms with van der Waals surface area (Å²) in [6, 6.07) is 3.47. The van der Waals surface area contributed by atoms with Crippen LogP contribution < -0.4 is 10.2 Å². The lowest BCUT2D eigenvalue weighted by Crippen LogP contribution is -2.49. The molecule has 6 heteroatoms. The molecule has 126 valence electrons. The molecule has 1 saturated heterocycles. The molecule has 1 saturated carbocycles. The van der Waals surface area contributed by atoms with Gasteiger partial charge in [0.25, 0.3) is 0 Å². The summed E-state index contributed by atoms with van der Waals surface area (Å²) in [6.45, 7) is 0.414. The van der Waals surface area contributed by atoms with Gasteiger partial charge in [0, 0.05) is 37.3 Å². The van der Waals surface area contributed by atoms with E-state index in [1.54, 1.807) is 4.90 Å². The van der Waals surface area contributed by atoms with E-state index in [1.807, 2.05) is 22.7 Å². The molecule has 1 N–H and O–H groups in total. The van der Waals surface area contributed by atoms with Crippen molar-refractivity contribution in [3.05, 3.63) is 30.2 Å². The highest BCUT2D eigenvalue weighted by Gasteiger charge is 2.25. The number of rotatable bonds is 2. The molecule has 1 aliphatic heterocycles. The lowest BCUT2D eigenvalue weighted by molar-refractivity contribution is -0.120. The van der Waals surface area contributed by atoms with Crippen molar-refractivity contribution in [3.8, 4) is 0 Å². The molecule has 4 rings (SSSR count). The summed E-state index contributed by atoms with van der Waals surface area (Å²) in [6.07, 6.45) is 12.1. The third-order valence-corrected chi connectivity index (χ3v) is 5.10. The maximum atomic E-state index is 12.0. The van der Waals surface area contributed by atoms with Crippen molar-refractivity contribution >= 4 is 23.3 Å². The van der Waals surface area contributed by atoms with E-state index in [0.717, 1.165) is 17.0 Å². The predicted octanol–water partition coefficient (Wildman–Crippen LogP) is 3.22. The number of imidazole rings is 1. The van der Waals surface area contributed by atoms with Gasteiger partial charge < -0.3 is 4.40 Å². The second-order valence-electron chi connectivity index (χ2n) is 6.76. The van der Waals surface area contributed by atoms with Gasteiger partial charge in [0.1, 0.15) is 5.65 Å². The Morgan fingerprint density at radius 2 is 1.92 bits per heavy atom. The minimum absolute atomic E-state index is 0.214. The molecule has 0 atom stereocenters. The van der Waals surface area contributed by atoms with Crippen molar-refractivity contribution in [2.24, 2.45) is 0 Å². The molecule has 2 aliphatic rings. The maximum absolute atomic E-state index is 12.0. The lowest BCUT2D eigenvalue weighted by Gasteiger charge is -2.26. The number of imide groups is 1. The maximum Gasteiger partial charge on any atom is 0.328 e. The van der Waals surface area contributed by atoms with Crippen LogP contribution in [0.15, 0.2) is 24.5 Å². The van der Waals surface area contributed by atoms with Gasteiger partial charge in [0.2, 0.25) is 5.91 Å². The molecule has 0 spiro atoms. The number of carbonyl (C=O) groups excluding carboxylic acids is 2. The number of carbonyl (C=O) groups is 2. The van der Waals surface area contributed by atoms with E-state index in [9.17, 15) is 9.59 Å². The lowest BCUT2D eigenvalue weighted by atomic mass is 9.97. The molecule has 3 heterocycles. The Balaban J connectivity index is 1.61. The van der Waals surface area contributed by atoms with Crippen LogP contribution in [0.5, 0.6) is 0 Å². The van der Waals surface area contributed by atoms with Crippen LogP contribution in [0.4, 0.5) is 10.5 Å². The van der Waals surface area contributed by atoms with E-state index in [4.69, 9.17) is 4.98 Å². The van der Waals surface area contributed by atoms with Gasteiger partial charge in [-0.05, 0) is 18.9 Å². The first-order valence-corrected chi connectivity index (χ1v) is 8.81. The van der Waals surface area contributed by atoms with Crippen molar-refractivity contribution in [1.29, 1.82) is 0 Å². The Labute approximate surface area is 140 Å². The molecule has 2 fully saturated rings. The van der Waals surface area contributed by atoms with Crippen LogP contribution in [0.2, 0.25) is 0 Å². The second kappa shape index (κ2) is 6.26. The van der Waals surface area contributed by atoms with E-state index < -0.39 is 0 Å². The summed E-state index contributed by atoms with van der Waals surface area (Å²) in [7, 11) is 0. The minimum atomic E-state index is -0.355. The fraction of sp³-hybridized carbons (Fsp3) is 0.500. The van der Waals surface area contributed by atoms with Gasteiger partial charge >= 0.3 is 6.03 Å². The van der Waals surface area contributed by atoms with E-state index in [0.29, 0.717) is 18.9 Å². The summed E-state index contributed by atoms with van der Waals surface area (Å²) in [5.74, 6) is 0.334. The van der Waals surface area contributed by atoms with Crippen LogP contribution in [0.3, 0.4) is 0 Å². The molecule has 0 unspecified atom stereocenters. The molecule has 2 aromatic heterocycles. The molecule has 1 aliphatic carbocycles. The SMILES string of the molecule is O=C1CCN(c2ccn3cc(C4CCCCCC4)nc3c2)C(=O)N1. The number of nitrogens with one attached hydrogen (secondary N) is 1. The zero-order valence-electron chi connectivity index (χ0n) is 13.7. The Morgan fingerprint density at radius 3 is 2.67 bits per heavy atom. The highest BCUT2D eigenvalue weighted by molar-refractivity contribution is 6.05. The number of urea groups is 1. The second-order valence-corrected chi connectivity index (χ2v) is 6.76. The topological polar surface area (TPSA) is 66.7 Å². The molecule has 0 aromatic carbocycles. The van der Waals surface area contributed by atoms with Crippen molar-refractivity contribution in [1.82, 2.24) is 14.7 Å². The Morgan fingerprint density at radius 1 is 1.12 bits per heavy atom. The summed E-state index contributed by atoms with van der Waals surface area (Å²) in [4.78, 5) is 29.7. The summed E-state index contributed by atoms with van der Waals surface area (Å²) >= 11 is 0. The molecular weight excluding hydrogens is 304 g/mol. The number of amides is 3. The summed E-state index contributed by atoms with van der Waals surface area (Å²) in [5, 5.41) is 2.36. The summed E-state index contributed by atoms with van der Waals surface area (Å²) in [5.41, 5.74) is 2.80. The van der Waals surface area contributed by atoms with Crippen LogP contribution in [-0.4, -0.2) is 27.9 Å². The van der Waals surface area contributed by atoms with Crippen molar-refractivity contribution < 1.29 is 9.59 Å². The van der Waals surface area contributed by atoms with Crippen molar-refractivity contribution in [3.63, 3.8) is 0 Å². The Hall–Kier alpha value is -2.37. The van der Waals surface area contributed by atoms with Gasteiger partial charge in [-0.1, -0.05) is 25.7 Å². The first kappa shape index (κ1) is 15.2. The highest BCUT2D eigenvalue weighted by atomic mass is 16.2. The molecule has 0 radical (unpaired) electrons. The van der Waals surface area contributed by atoms with Crippen molar-refractivity contribution in [2.75, 3.05) is 11.4 Å². The number of anilines is 1. The third-order valence-electron chi connectivity index (χ3n) is 5.10. The molecular formula is C18H22N4O2. The smallest absolute Gasteiger partial charge is 0.307 e. The number of fused-ring (bicyclic) bond motifs is 1. The monoisotopic (exact) mass is 326 g/mol. The zero-order chi connectivity index (χ0) is 16.5. The third kappa shape index (κ3) is 2.88. The predicted molar refractivity (Wildman–Crippen MR) is 91.1 cm³/mol. The highest BCUT2D eigenvalue weighted by Crippen LogP contribution is 2.31. The summed E-state index contributed by atoms with van der Waals surface area (Å²) < 4.78 is 2.02. The van der Waals surface area contributed by atoms with Gasteiger partial charge in [-0.15, -0.1) is 0 Å². The van der Waals surface area contributed by atoms with E-state index >= 15 is 0 Å². The van der Waals surface area contributed by atoms with Crippen molar-refractivity contribution in [2.45, 2.75) is 50.9 Å². The number of hydrogen-bond donors (Lipinski definition) is 1. The number of aromatic nitrogens is 2. The van der Waals surface area contributed by atoms with Gasteiger partial charge in [-0.3, -0.25) is 15.0 Å². The largest absolute Gasteiger partial charge is 0.328 e. The standard InChI is InChI=1S/C18H22N4O2/c23-17-8-10-22(18(24)20-17)14-7-9-21-12-15(19-16(21)11-14)13-5-3-1-2-4-6-13/h7,9,11-13H,1-6,8,10H2,(H,20,23,24).